The molecule has 3 heterocycles. The second-order valence-electron chi connectivity index (χ2n) is 7.69. The second-order valence-corrected chi connectivity index (χ2v) is 8.54. The molecule has 2 aromatic carbocycles. The van der Waals surface area contributed by atoms with Gasteiger partial charge in [0, 0.05) is 47.8 Å². The van der Waals surface area contributed by atoms with Crippen LogP contribution in [0.4, 0.5) is 0 Å². The van der Waals surface area contributed by atoms with Crippen molar-refractivity contribution in [3.63, 3.8) is 0 Å². The van der Waals surface area contributed by atoms with Crippen LogP contribution in [0.5, 0.6) is 11.5 Å². The molecule has 0 spiro atoms. The lowest BCUT2D eigenvalue weighted by Gasteiger charge is -2.37. The Morgan fingerprint density at radius 3 is 2.48 bits per heavy atom. The number of rotatable bonds is 3. The first-order chi connectivity index (χ1) is 15.1. The fourth-order valence-corrected chi connectivity index (χ4v) is 4.58. The fraction of sp³-hybridized carbons (Fsp3) is 0.304. The number of carbonyl (C=O) groups is 2. The zero-order valence-electron chi connectivity index (χ0n) is 16.9. The van der Waals surface area contributed by atoms with Gasteiger partial charge in [0.2, 0.25) is 12.0 Å². The Morgan fingerprint density at radius 1 is 0.935 bits per heavy atom. The Balaban J connectivity index is 1.18. The van der Waals surface area contributed by atoms with Crippen LogP contribution in [0.15, 0.2) is 59.2 Å². The minimum atomic E-state index is -0.651. The van der Waals surface area contributed by atoms with Crippen molar-refractivity contribution in [3.8, 4) is 11.5 Å². The monoisotopic (exact) mass is 483 g/mol. The smallest absolute Gasteiger partial charge is 0.267 e. The summed E-state index contributed by atoms with van der Waals surface area (Å²) in [4.78, 5) is 29.3. The van der Waals surface area contributed by atoms with Crippen LogP contribution >= 0.6 is 15.9 Å². The van der Waals surface area contributed by atoms with E-state index in [1.54, 1.807) is 11.0 Å². The molecule has 0 saturated carbocycles. The van der Waals surface area contributed by atoms with Crippen LogP contribution in [0.3, 0.4) is 0 Å². The van der Waals surface area contributed by atoms with Gasteiger partial charge in [0.05, 0.1) is 0 Å². The number of hydrogen-bond acceptors (Lipinski definition) is 4. The molecule has 5 rings (SSSR count). The molecule has 1 aromatic heterocycles. The lowest BCUT2D eigenvalue weighted by atomic mass is 10.2. The standard InChI is InChI=1S/C23H22BrN3O4/c24-17-4-3-5-18-16(17)8-9-27(18)14-22(28)25-10-12-26(13-11-25)23(29)21-15-30-19-6-1-2-7-20(19)31-21/h1-9,21H,10-15H2/t21-/m0/s1. The number of para-hydroxylation sites is 2. The van der Waals surface area contributed by atoms with Crippen molar-refractivity contribution >= 4 is 38.6 Å². The van der Waals surface area contributed by atoms with E-state index in [1.165, 1.54) is 0 Å². The van der Waals surface area contributed by atoms with Gasteiger partial charge in [-0.25, -0.2) is 0 Å². The molecule has 0 bridgehead atoms. The van der Waals surface area contributed by atoms with Gasteiger partial charge < -0.3 is 23.8 Å². The van der Waals surface area contributed by atoms with E-state index < -0.39 is 6.10 Å². The van der Waals surface area contributed by atoms with E-state index in [4.69, 9.17) is 9.47 Å². The van der Waals surface area contributed by atoms with Crippen molar-refractivity contribution in [2.24, 2.45) is 0 Å². The number of aromatic nitrogens is 1. The molecule has 2 amide bonds. The van der Waals surface area contributed by atoms with Crippen molar-refractivity contribution in [2.45, 2.75) is 12.6 Å². The van der Waals surface area contributed by atoms with Crippen molar-refractivity contribution < 1.29 is 19.1 Å². The lowest BCUT2D eigenvalue weighted by molar-refractivity contribution is -0.146. The Morgan fingerprint density at radius 2 is 1.68 bits per heavy atom. The summed E-state index contributed by atoms with van der Waals surface area (Å²) in [6, 6.07) is 15.3. The molecule has 1 atom stereocenters. The van der Waals surface area contributed by atoms with Gasteiger partial charge >= 0.3 is 0 Å². The van der Waals surface area contributed by atoms with E-state index >= 15 is 0 Å². The predicted molar refractivity (Wildman–Crippen MR) is 119 cm³/mol. The van der Waals surface area contributed by atoms with Gasteiger partial charge in [0.1, 0.15) is 13.2 Å². The molecule has 2 aliphatic rings. The molecule has 0 unspecified atom stereocenters. The Labute approximate surface area is 188 Å². The molecule has 3 aromatic rings. The molecule has 0 aliphatic carbocycles. The summed E-state index contributed by atoms with van der Waals surface area (Å²) in [7, 11) is 0. The average molecular weight is 484 g/mol. The number of nitrogens with zero attached hydrogens (tertiary/aromatic N) is 3. The Kier molecular flexibility index (Phi) is 5.31. The van der Waals surface area contributed by atoms with Crippen molar-refractivity contribution in [1.82, 2.24) is 14.4 Å². The van der Waals surface area contributed by atoms with E-state index in [0.29, 0.717) is 37.7 Å². The van der Waals surface area contributed by atoms with Gasteiger partial charge in [0.25, 0.3) is 5.91 Å². The Hall–Kier alpha value is -3.00. The van der Waals surface area contributed by atoms with Gasteiger partial charge in [-0.3, -0.25) is 9.59 Å². The molecule has 0 radical (unpaired) electrons. The number of carbonyl (C=O) groups excluding carboxylic acids is 2. The van der Waals surface area contributed by atoms with Gasteiger partial charge in [-0.2, -0.15) is 0 Å². The van der Waals surface area contributed by atoms with E-state index in [1.807, 2.05) is 58.1 Å². The molecule has 7 nitrogen and oxygen atoms in total. The second kappa shape index (κ2) is 8.26. The van der Waals surface area contributed by atoms with E-state index in [-0.39, 0.29) is 25.0 Å². The minimum absolute atomic E-state index is 0.0516. The highest BCUT2D eigenvalue weighted by Crippen LogP contribution is 2.31. The van der Waals surface area contributed by atoms with Crippen LogP contribution in [0.25, 0.3) is 10.9 Å². The molecule has 2 aliphatic heterocycles. The maximum atomic E-state index is 12.9. The molecule has 1 fully saturated rings. The number of benzene rings is 2. The number of amides is 2. The SMILES string of the molecule is O=C(Cn1ccc2c(Br)cccc21)N1CCN(C(=O)[C@@H]2COc3ccccc3O2)CC1. The zero-order valence-corrected chi connectivity index (χ0v) is 18.5. The number of fused-ring (bicyclic) bond motifs is 2. The van der Waals surface area contributed by atoms with Crippen molar-refractivity contribution in [3.05, 3.63) is 59.2 Å². The quantitative estimate of drug-likeness (QED) is 0.574. The summed E-state index contributed by atoms with van der Waals surface area (Å²) in [6.07, 6.45) is 1.28. The van der Waals surface area contributed by atoms with E-state index in [2.05, 4.69) is 15.9 Å². The molecular weight excluding hydrogens is 462 g/mol. The molecule has 0 N–H and O–H groups in total. The maximum absolute atomic E-state index is 12.9. The van der Waals surface area contributed by atoms with Crippen molar-refractivity contribution in [1.29, 1.82) is 0 Å². The van der Waals surface area contributed by atoms with Crippen LogP contribution < -0.4 is 9.47 Å². The number of halogens is 1. The van der Waals surface area contributed by atoms with Gasteiger partial charge in [-0.15, -0.1) is 0 Å². The highest BCUT2D eigenvalue weighted by atomic mass is 79.9. The summed E-state index contributed by atoms with van der Waals surface area (Å²) in [5, 5.41) is 1.09. The lowest BCUT2D eigenvalue weighted by Crippen LogP contribution is -2.55. The molecule has 1 saturated heterocycles. The summed E-state index contributed by atoms with van der Waals surface area (Å²) in [5.41, 5.74) is 1.02. The molecule has 31 heavy (non-hydrogen) atoms. The highest BCUT2D eigenvalue weighted by Gasteiger charge is 2.33. The summed E-state index contributed by atoms with van der Waals surface area (Å²) < 4.78 is 14.5. The van der Waals surface area contributed by atoms with Crippen LogP contribution in [0, 0.1) is 0 Å². The normalized spacial score (nSPS) is 18.3. The summed E-state index contributed by atoms with van der Waals surface area (Å²) in [5.74, 6) is 1.21. The number of piperazine rings is 1. The highest BCUT2D eigenvalue weighted by molar-refractivity contribution is 9.10. The molecule has 8 heteroatoms. The van der Waals surface area contributed by atoms with Gasteiger partial charge in [-0.1, -0.05) is 34.1 Å². The van der Waals surface area contributed by atoms with Crippen LogP contribution in [0.1, 0.15) is 0 Å². The average Bonchev–Trinajstić information content (AvgIpc) is 3.22. The first-order valence-corrected chi connectivity index (χ1v) is 11.1. The maximum Gasteiger partial charge on any atom is 0.267 e. The number of ether oxygens (including phenoxy) is 2. The third kappa shape index (κ3) is 3.87. The van der Waals surface area contributed by atoms with E-state index in [9.17, 15) is 9.59 Å². The summed E-state index contributed by atoms with van der Waals surface area (Å²) in [6.45, 7) is 2.49. The van der Waals surface area contributed by atoms with Crippen LogP contribution in [0.2, 0.25) is 0 Å². The Bertz CT molecular complexity index is 1140. The summed E-state index contributed by atoms with van der Waals surface area (Å²) >= 11 is 3.55. The first kappa shape index (κ1) is 19.9. The first-order valence-electron chi connectivity index (χ1n) is 10.3. The predicted octanol–water partition coefficient (Wildman–Crippen LogP) is 2.91. The zero-order chi connectivity index (χ0) is 21.4. The fourth-order valence-electron chi connectivity index (χ4n) is 4.09. The van der Waals surface area contributed by atoms with Gasteiger partial charge in [0.15, 0.2) is 11.5 Å². The minimum Gasteiger partial charge on any atom is -0.485 e. The third-order valence-electron chi connectivity index (χ3n) is 5.79. The molecule has 160 valence electrons. The van der Waals surface area contributed by atoms with Crippen LogP contribution in [-0.2, 0) is 16.1 Å². The largest absolute Gasteiger partial charge is 0.485 e. The van der Waals surface area contributed by atoms with E-state index in [0.717, 1.165) is 15.4 Å². The third-order valence-corrected chi connectivity index (χ3v) is 6.49. The topological polar surface area (TPSA) is 64.0 Å². The number of hydrogen-bond donors (Lipinski definition) is 0. The molecular formula is C23H22BrN3O4. The van der Waals surface area contributed by atoms with Crippen LogP contribution in [-0.4, -0.2) is 65.1 Å². The van der Waals surface area contributed by atoms with Gasteiger partial charge in [-0.05, 0) is 30.3 Å². The van der Waals surface area contributed by atoms with Crippen molar-refractivity contribution in [2.75, 3.05) is 32.8 Å².